The number of likely N-dealkylation sites (N-methyl/N-ethyl adjacent to an activating group) is 1. The molecule has 2 heteroatoms. The lowest BCUT2D eigenvalue weighted by atomic mass is 9.49. The van der Waals surface area contributed by atoms with Crippen molar-refractivity contribution in [3.63, 3.8) is 0 Å². The molecule has 0 amide bonds. The Morgan fingerprint density at radius 3 is 2.06 bits per heavy atom. The molecule has 4 fully saturated rings. The van der Waals surface area contributed by atoms with Gasteiger partial charge in [0.1, 0.15) is 0 Å². The third kappa shape index (κ3) is 2.04. The molecule has 0 saturated heterocycles. The minimum absolute atomic E-state index is 0.487. The van der Waals surface area contributed by atoms with E-state index in [4.69, 9.17) is 0 Å². The SMILES string of the molecule is CCNCC(C)(O)C1C2CC3CC(C2)CC1C3. The van der Waals surface area contributed by atoms with E-state index in [-0.39, 0.29) is 0 Å². The Bertz CT molecular complexity index is 259. The van der Waals surface area contributed by atoms with E-state index in [0.717, 1.165) is 36.8 Å². The Balaban J connectivity index is 1.74. The molecule has 0 aliphatic heterocycles. The van der Waals surface area contributed by atoms with Crippen LogP contribution >= 0.6 is 0 Å². The number of nitrogens with one attached hydrogen (secondary N) is 1. The van der Waals surface area contributed by atoms with Gasteiger partial charge >= 0.3 is 0 Å². The van der Waals surface area contributed by atoms with E-state index < -0.39 is 5.60 Å². The lowest BCUT2D eigenvalue weighted by molar-refractivity contribution is -0.132. The highest BCUT2D eigenvalue weighted by Crippen LogP contribution is 2.58. The predicted molar refractivity (Wildman–Crippen MR) is 69.7 cm³/mol. The average Bonchev–Trinajstić information content (AvgIpc) is 2.24. The van der Waals surface area contributed by atoms with Crippen molar-refractivity contribution in [1.29, 1.82) is 0 Å². The molecular formula is C15H27NO. The van der Waals surface area contributed by atoms with Crippen LogP contribution in [0, 0.1) is 29.6 Å². The second kappa shape index (κ2) is 4.24. The van der Waals surface area contributed by atoms with Crippen LogP contribution in [0.25, 0.3) is 0 Å². The molecule has 4 aliphatic rings. The summed E-state index contributed by atoms with van der Waals surface area (Å²) in [7, 11) is 0. The molecule has 4 aliphatic carbocycles. The molecule has 4 rings (SSSR count). The molecule has 98 valence electrons. The third-order valence-electron chi connectivity index (χ3n) is 5.68. The maximum atomic E-state index is 10.8. The van der Waals surface area contributed by atoms with E-state index in [1.165, 1.54) is 32.1 Å². The highest BCUT2D eigenvalue weighted by atomic mass is 16.3. The first-order chi connectivity index (χ1) is 8.10. The molecule has 1 unspecified atom stereocenters. The Morgan fingerprint density at radius 1 is 1.06 bits per heavy atom. The molecule has 1 atom stereocenters. The summed E-state index contributed by atoms with van der Waals surface area (Å²) in [5.74, 6) is 4.21. The van der Waals surface area contributed by atoms with Crippen molar-refractivity contribution in [3.8, 4) is 0 Å². The van der Waals surface area contributed by atoms with Gasteiger partial charge in [-0.05, 0) is 75.2 Å². The summed E-state index contributed by atoms with van der Waals surface area (Å²) in [6.45, 7) is 5.93. The summed E-state index contributed by atoms with van der Waals surface area (Å²) in [6.07, 6.45) is 7.11. The Kier molecular flexibility index (Phi) is 2.99. The van der Waals surface area contributed by atoms with E-state index in [1.54, 1.807) is 0 Å². The maximum absolute atomic E-state index is 10.8. The van der Waals surface area contributed by atoms with Crippen LogP contribution in [0.3, 0.4) is 0 Å². The molecule has 0 aromatic heterocycles. The third-order valence-corrected chi connectivity index (χ3v) is 5.68. The van der Waals surface area contributed by atoms with Gasteiger partial charge in [-0.15, -0.1) is 0 Å². The summed E-state index contributed by atoms with van der Waals surface area (Å²) in [5, 5.41) is 14.2. The maximum Gasteiger partial charge on any atom is 0.0776 e. The molecule has 0 spiro atoms. The minimum atomic E-state index is -0.487. The zero-order chi connectivity index (χ0) is 12.0. The predicted octanol–water partition coefficient (Wildman–Crippen LogP) is 2.42. The molecule has 0 radical (unpaired) electrons. The second-order valence-corrected chi connectivity index (χ2v) is 7.09. The highest BCUT2D eigenvalue weighted by Gasteiger charge is 2.53. The van der Waals surface area contributed by atoms with Crippen LogP contribution in [0.4, 0.5) is 0 Å². The van der Waals surface area contributed by atoms with Gasteiger partial charge in [0.25, 0.3) is 0 Å². The summed E-state index contributed by atoms with van der Waals surface area (Å²) in [5.41, 5.74) is -0.487. The summed E-state index contributed by atoms with van der Waals surface area (Å²) in [4.78, 5) is 0. The van der Waals surface area contributed by atoms with E-state index in [2.05, 4.69) is 19.2 Å². The smallest absolute Gasteiger partial charge is 0.0776 e. The summed E-state index contributed by atoms with van der Waals surface area (Å²) < 4.78 is 0. The first kappa shape index (κ1) is 12.0. The van der Waals surface area contributed by atoms with Gasteiger partial charge in [0.05, 0.1) is 5.60 Å². The van der Waals surface area contributed by atoms with E-state index >= 15 is 0 Å². The second-order valence-electron chi connectivity index (χ2n) is 7.09. The van der Waals surface area contributed by atoms with Crippen LogP contribution in [0.1, 0.15) is 46.0 Å². The van der Waals surface area contributed by atoms with Crippen molar-refractivity contribution < 1.29 is 5.11 Å². The lowest BCUT2D eigenvalue weighted by Gasteiger charge is -2.58. The van der Waals surface area contributed by atoms with Crippen molar-refractivity contribution in [3.05, 3.63) is 0 Å². The lowest BCUT2D eigenvalue weighted by Crippen LogP contribution is -2.57. The van der Waals surface area contributed by atoms with E-state index in [9.17, 15) is 5.11 Å². The van der Waals surface area contributed by atoms with Gasteiger partial charge in [-0.3, -0.25) is 0 Å². The van der Waals surface area contributed by atoms with E-state index in [0.29, 0.717) is 5.92 Å². The zero-order valence-corrected chi connectivity index (χ0v) is 11.3. The van der Waals surface area contributed by atoms with Crippen LogP contribution in [0.2, 0.25) is 0 Å². The summed E-state index contributed by atoms with van der Waals surface area (Å²) >= 11 is 0. The Hall–Kier alpha value is -0.0800. The van der Waals surface area contributed by atoms with Crippen molar-refractivity contribution >= 4 is 0 Å². The minimum Gasteiger partial charge on any atom is -0.389 e. The van der Waals surface area contributed by atoms with Gasteiger partial charge in [0, 0.05) is 6.54 Å². The van der Waals surface area contributed by atoms with Gasteiger partial charge in [-0.1, -0.05) is 6.92 Å². The van der Waals surface area contributed by atoms with Crippen LogP contribution in [0.15, 0.2) is 0 Å². The van der Waals surface area contributed by atoms with Gasteiger partial charge in [0.2, 0.25) is 0 Å². The summed E-state index contributed by atoms with van der Waals surface area (Å²) in [6, 6.07) is 0. The molecule has 0 heterocycles. The molecule has 0 aromatic carbocycles. The van der Waals surface area contributed by atoms with Crippen LogP contribution in [-0.2, 0) is 0 Å². The number of rotatable bonds is 4. The van der Waals surface area contributed by atoms with Gasteiger partial charge in [-0.2, -0.15) is 0 Å². The number of aliphatic hydroxyl groups is 1. The first-order valence-corrected chi connectivity index (χ1v) is 7.53. The molecule has 2 nitrogen and oxygen atoms in total. The van der Waals surface area contributed by atoms with Gasteiger partial charge in [0.15, 0.2) is 0 Å². The largest absolute Gasteiger partial charge is 0.389 e. The monoisotopic (exact) mass is 237 g/mol. The Labute approximate surface area is 105 Å². The highest BCUT2D eigenvalue weighted by molar-refractivity contribution is 5.04. The molecule has 4 bridgehead atoms. The van der Waals surface area contributed by atoms with Crippen molar-refractivity contribution in [1.82, 2.24) is 5.32 Å². The van der Waals surface area contributed by atoms with Crippen LogP contribution in [0.5, 0.6) is 0 Å². The fraction of sp³-hybridized carbons (Fsp3) is 1.00. The fourth-order valence-corrected chi connectivity index (χ4v) is 5.44. The number of hydrogen-bond acceptors (Lipinski definition) is 2. The molecule has 0 aromatic rings. The van der Waals surface area contributed by atoms with Crippen LogP contribution in [-0.4, -0.2) is 23.8 Å². The van der Waals surface area contributed by atoms with E-state index in [1.807, 2.05) is 0 Å². The average molecular weight is 237 g/mol. The van der Waals surface area contributed by atoms with Crippen molar-refractivity contribution in [2.75, 3.05) is 13.1 Å². The number of hydrogen-bond donors (Lipinski definition) is 2. The molecule has 4 saturated carbocycles. The standard InChI is InChI=1S/C15H27NO/c1-3-16-9-15(2,17)14-12-5-10-4-11(7-12)8-13(14)6-10/h10-14,16-17H,3-9H2,1-2H3. The fourth-order valence-electron chi connectivity index (χ4n) is 5.44. The quantitative estimate of drug-likeness (QED) is 0.787. The first-order valence-electron chi connectivity index (χ1n) is 7.53. The molecular weight excluding hydrogens is 210 g/mol. The Morgan fingerprint density at radius 2 is 1.59 bits per heavy atom. The molecule has 17 heavy (non-hydrogen) atoms. The van der Waals surface area contributed by atoms with Gasteiger partial charge < -0.3 is 10.4 Å². The zero-order valence-electron chi connectivity index (χ0n) is 11.3. The van der Waals surface area contributed by atoms with Gasteiger partial charge in [-0.25, -0.2) is 0 Å². The molecule has 2 N–H and O–H groups in total. The topological polar surface area (TPSA) is 32.3 Å². The van der Waals surface area contributed by atoms with Crippen LogP contribution < -0.4 is 5.32 Å². The normalized spacial score (nSPS) is 47.1. The van der Waals surface area contributed by atoms with Crippen molar-refractivity contribution in [2.24, 2.45) is 29.6 Å². The van der Waals surface area contributed by atoms with Crippen molar-refractivity contribution in [2.45, 2.75) is 51.6 Å².